The fraction of sp³-hybridized carbons (Fsp3) is 0.500. The molecule has 2 rings (SSSR count). The standard InChI is InChI=1S/C14H19N3O3S/c1-8(2)4-10(18)7-15-11-5-12-14(21-9(3)16-12)6-13(11)17(19)20/h5-6,8,10,15,18H,4,7H2,1-3H3. The first-order valence-corrected chi connectivity index (χ1v) is 7.66. The highest BCUT2D eigenvalue weighted by atomic mass is 32.1. The molecule has 6 nitrogen and oxygen atoms in total. The second kappa shape index (κ2) is 6.36. The topological polar surface area (TPSA) is 88.3 Å². The molecular weight excluding hydrogens is 290 g/mol. The summed E-state index contributed by atoms with van der Waals surface area (Å²) in [6.07, 6.45) is 0.122. The average molecular weight is 309 g/mol. The number of hydrogen-bond acceptors (Lipinski definition) is 6. The number of anilines is 1. The van der Waals surface area contributed by atoms with Crippen LogP contribution >= 0.6 is 11.3 Å². The molecule has 0 saturated carbocycles. The second-order valence-electron chi connectivity index (χ2n) is 5.49. The molecule has 1 unspecified atom stereocenters. The Kier molecular flexibility index (Phi) is 4.74. The Bertz CT molecular complexity index is 654. The van der Waals surface area contributed by atoms with Crippen LogP contribution in [0.5, 0.6) is 0 Å². The predicted octanol–water partition coefficient (Wildman–Crippen LogP) is 3.33. The van der Waals surface area contributed by atoms with Gasteiger partial charge in [0.25, 0.3) is 5.69 Å². The van der Waals surface area contributed by atoms with Gasteiger partial charge in [-0.15, -0.1) is 11.3 Å². The van der Waals surface area contributed by atoms with Crippen LogP contribution < -0.4 is 5.32 Å². The number of aromatic nitrogens is 1. The highest BCUT2D eigenvalue weighted by Gasteiger charge is 2.18. The Labute approximate surface area is 127 Å². The molecule has 7 heteroatoms. The van der Waals surface area contributed by atoms with Crippen LogP contribution in [0.1, 0.15) is 25.3 Å². The van der Waals surface area contributed by atoms with E-state index >= 15 is 0 Å². The molecule has 1 heterocycles. The highest BCUT2D eigenvalue weighted by Crippen LogP contribution is 2.33. The minimum Gasteiger partial charge on any atom is -0.391 e. The van der Waals surface area contributed by atoms with Crippen LogP contribution in [0.3, 0.4) is 0 Å². The zero-order valence-electron chi connectivity index (χ0n) is 12.3. The minimum atomic E-state index is -0.530. The molecular formula is C14H19N3O3S. The minimum absolute atomic E-state index is 0.0166. The van der Waals surface area contributed by atoms with E-state index in [1.807, 2.05) is 20.8 Å². The van der Waals surface area contributed by atoms with Gasteiger partial charge in [-0.3, -0.25) is 10.1 Å². The lowest BCUT2D eigenvalue weighted by atomic mass is 10.1. The normalized spacial score (nSPS) is 12.8. The summed E-state index contributed by atoms with van der Waals surface area (Å²) in [5.41, 5.74) is 1.16. The van der Waals surface area contributed by atoms with Gasteiger partial charge in [0.2, 0.25) is 0 Å². The second-order valence-corrected chi connectivity index (χ2v) is 6.73. The number of benzene rings is 1. The van der Waals surface area contributed by atoms with E-state index in [0.717, 1.165) is 15.2 Å². The molecule has 0 amide bonds. The number of thiazole rings is 1. The average Bonchev–Trinajstić information content (AvgIpc) is 2.73. The van der Waals surface area contributed by atoms with Crippen LogP contribution in [0.25, 0.3) is 10.2 Å². The Hall–Kier alpha value is -1.73. The van der Waals surface area contributed by atoms with Crippen LogP contribution in [-0.4, -0.2) is 27.7 Å². The molecule has 0 aliphatic carbocycles. The van der Waals surface area contributed by atoms with E-state index in [1.165, 1.54) is 17.4 Å². The lowest BCUT2D eigenvalue weighted by Gasteiger charge is -2.14. The summed E-state index contributed by atoms with van der Waals surface area (Å²) in [7, 11) is 0. The van der Waals surface area contributed by atoms with E-state index < -0.39 is 11.0 Å². The molecule has 2 aromatic rings. The number of aliphatic hydroxyl groups excluding tert-OH is 1. The maximum atomic E-state index is 11.2. The molecule has 21 heavy (non-hydrogen) atoms. The Morgan fingerprint density at radius 2 is 2.19 bits per heavy atom. The lowest BCUT2D eigenvalue weighted by Crippen LogP contribution is -2.21. The van der Waals surface area contributed by atoms with Gasteiger partial charge >= 0.3 is 0 Å². The number of rotatable bonds is 6. The van der Waals surface area contributed by atoms with Crippen molar-refractivity contribution >= 4 is 32.9 Å². The van der Waals surface area contributed by atoms with Crippen molar-refractivity contribution in [2.45, 2.75) is 33.3 Å². The number of hydrogen-bond donors (Lipinski definition) is 2. The summed E-state index contributed by atoms with van der Waals surface area (Å²) in [6, 6.07) is 3.22. The van der Waals surface area contributed by atoms with Gasteiger partial charge < -0.3 is 10.4 Å². The van der Waals surface area contributed by atoms with Crippen LogP contribution in [-0.2, 0) is 0 Å². The largest absolute Gasteiger partial charge is 0.391 e. The molecule has 0 aliphatic heterocycles. The first kappa shape index (κ1) is 15.7. The molecule has 114 valence electrons. The number of aliphatic hydroxyl groups is 1. The van der Waals surface area contributed by atoms with Crippen molar-refractivity contribution in [1.82, 2.24) is 4.98 Å². The molecule has 0 spiro atoms. The Morgan fingerprint density at radius 3 is 2.81 bits per heavy atom. The van der Waals surface area contributed by atoms with Crippen molar-refractivity contribution in [3.63, 3.8) is 0 Å². The third-order valence-electron chi connectivity index (χ3n) is 3.08. The fourth-order valence-corrected chi connectivity index (χ4v) is 3.07. The number of nitro groups is 1. The molecule has 0 aliphatic rings. The SMILES string of the molecule is Cc1nc2cc(NCC(O)CC(C)C)c([N+](=O)[O-])cc2s1. The smallest absolute Gasteiger partial charge is 0.293 e. The van der Waals surface area contributed by atoms with Crippen molar-refractivity contribution < 1.29 is 10.0 Å². The molecule has 1 aromatic carbocycles. The van der Waals surface area contributed by atoms with Gasteiger partial charge in [0.15, 0.2) is 0 Å². The van der Waals surface area contributed by atoms with Crippen molar-refractivity contribution in [3.8, 4) is 0 Å². The first-order chi connectivity index (χ1) is 9.86. The highest BCUT2D eigenvalue weighted by molar-refractivity contribution is 7.18. The summed E-state index contributed by atoms with van der Waals surface area (Å²) in [5.74, 6) is 0.375. The third kappa shape index (κ3) is 3.89. The molecule has 0 fully saturated rings. The van der Waals surface area contributed by atoms with Crippen molar-refractivity contribution in [3.05, 3.63) is 27.3 Å². The van der Waals surface area contributed by atoms with E-state index in [0.29, 0.717) is 18.0 Å². The molecule has 1 atom stereocenters. The van der Waals surface area contributed by atoms with E-state index in [-0.39, 0.29) is 12.2 Å². The predicted molar refractivity (Wildman–Crippen MR) is 85.0 cm³/mol. The third-order valence-corrected chi connectivity index (χ3v) is 4.01. The molecule has 0 radical (unpaired) electrons. The molecule has 2 N–H and O–H groups in total. The summed E-state index contributed by atoms with van der Waals surface area (Å²) in [5, 5.41) is 24.9. The molecule has 0 saturated heterocycles. The van der Waals surface area contributed by atoms with Gasteiger partial charge in [-0.2, -0.15) is 0 Å². The van der Waals surface area contributed by atoms with Crippen LogP contribution in [0.2, 0.25) is 0 Å². The number of nitrogens with one attached hydrogen (secondary N) is 1. The van der Waals surface area contributed by atoms with Crippen molar-refractivity contribution in [1.29, 1.82) is 0 Å². The number of fused-ring (bicyclic) bond motifs is 1. The lowest BCUT2D eigenvalue weighted by molar-refractivity contribution is -0.383. The van der Waals surface area contributed by atoms with E-state index in [1.54, 1.807) is 6.07 Å². The number of nitrogens with zero attached hydrogens (tertiary/aromatic N) is 2. The summed E-state index contributed by atoms with van der Waals surface area (Å²) >= 11 is 1.43. The molecule has 0 bridgehead atoms. The number of aryl methyl sites for hydroxylation is 1. The van der Waals surface area contributed by atoms with Gasteiger partial charge in [0, 0.05) is 12.6 Å². The monoisotopic (exact) mass is 309 g/mol. The van der Waals surface area contributed by atoms with E-state index in [2.05, 4.69) is 10.3 Å². The maximum Gasteiger partial charge on any atom is 0.293 e. The zero-order chi connectivity index (χ0) is 15.6. The molecule has 1 aromatic heterocycles. The maximum absolute atomic E-state index is 11.2. The van der Waals surface area contributed by atoms with Crippen molar-refractivity contribution in [2.24, 2.45) is 5.92 Å². The summed E-state index contributed by atoms with van der Waals surface area (Å²) < 4.78 is 0.799. The van der Waals surface area contributed by atoms with E-state index in [4.69, 9.17) is 0 Å². The first-order valence-electron chi connectivity index (χ1n) is 6.84. The van der Waals surface area contributed by atoms with Crippen molar-refractivity contribution in [2.75, 3.05) is 11.9 Å². The van der Waals surface area contributed by atoms with E-state index in [9.17, 15) is 15.2 Å². The fourth-order valence-electron chi connectivity index (χ4n) is 2.23. The zero-order valence-corrected chi connectivity index (χ0v) is 13.1. The summed E-state index contributed by atoms with van der Waals surface area (Å²) in [6.45, 7) is 6.20. The van der Waals surface area contributed by atoms with Gasteiger partial charge in [-0.1, -0.05) is 13.8 Å². The van der Waals surface area contributed by atoms with Crippen LogP contribution in [0.15, 0.2) is 12.1 Å². The quantitative estimate of drug-likeness (QED) is 0.631. The van der Waals surface area contributed by atoms with Gasteiger partial charge in [-0.25, -0.2) is 4.98 Å². The van der Waals surface area contributed by atoms with Gasteiger partial charge in [0.1, 0.15) is 5.69 Å². The Balaban J connectivity index is 2.24. The number of nitro benzene ring substituents is 1. The Morgan fingerprint density at radius 1 is 1.48 bits per heavy atom. The van der Waals surface area contributed by atoms with Crippen LogP contribution in [0, 0.1) is 23.0 Å². The van der Waals surface area contributed by atoms with Crippen LogP contribution in [0.4, 0.5) is 11.4 Å². The van der Waals surface area contributed by atoms with Gasteiger partial charge in [-0.05, 0) is 25.3 Å². The summed E-state index contributed by atoms with van der Waals surface area (Å²) in [4.78, 5) is 15.1. The van der Waals surface area contributed by atoms with Gasteiger partial charge in [0.05, 0.1) is 26.3 Å².